The summed E-state index contributed by atoms with van der Waals surface area (Å²) in [5.74, 6) is 1.05. The molecule has 0 bridgehead atoms. The number of hydrogen-bond donors (Lipinski definition) is 0. The summed E-state index contributed by atoms with van der Waals surface area (Å²) >= 11 is 0. The van der Waals surface area contributed by atoms with Crippen molar-refractivity contribution < 1.29 is 14.1 Å². The van der Waals surface area contributed by atoms with Crippen LogP contribution < -0.4 is 0 Å². The van der Waals surface area contributed by atoms with E-state index >= 15 is 0 Å². The third kappa shape index (κ3) is 3.11. The van der Waals surface area contributed by atoms with E-state index in [2.05, 4.69) is 10.1 Å². The highest BCUT2D eigenvalue weighted by Crippen LogP contribution is 2.22. The minimum atomic E-state index is -0.271. The first kappa shape index (κ1) is 13.8. The second-order valence-corrected chi connectivity index (χ2v) is 5.01. The lowest BCUT2D eigenvalue weighted by atomic mass is 10.1. The lowest BCUT2D eigenvalue weighted by Crippen LogP contribution is -2.44. The predicted molar refractivity (Wildman–Crippen MR) is 74.5 cm³/mol. The third-order valence-electron chi connectivity index (χ3n) is 3.49. The van der Waals surface area contributed by atoms with E-state index in [1.165, 1.54) is 0 Å². The van der Waals surface area contributed by atoms with Crippen molar-refractivity contribution in [3.05, 3.63) is 47.6 Å². The number of ether oxygens (including phenoxy) is 1. The number of hydrogen-bond acceptors (Lipinski definition) is 5. The second-order valence-electron chi connectivity index (χ2n) is 5.01. The summed E-state index contributed by atoms with van der Waals surface area (Å²) in [7, 11) is 0. The normalized spacial score (nSPS) is 18.7. The fraction of sp³-hybridized carbons (Fsp3) is 0.400. The van der Waals surface area contributed by atoms with Gasteiger partial charge >= 0.3 is 0 Å². The van der Waals surface area contributed by atoms with Gasteiger partial charge in [0.2, 0.25) is 11.8 Å². The van der Waals surface area contributed by atoms with Crippen LogP contribution in [0.1, 0.15) is 23.3 Å². The molecule has 1 saturated heterocycles. The average Bonchev–Trinajstić information content (AvgIpc) is 2.95. The van der Waals surface area contributed by atoms with Gasteiger partial charge in [0.05, 0.1) is 19.6 Å². The Hall–Kier alpha value is -2.21. The Morgan fingerprint density at radius 2 is 2.19 bits per heavy atom. The third-order valence-corrected chi connectivity index (χ3v) is 3.49. The molecular formula is C15H17N3O3. The summed E-state index contributed by atoms with van der Waals surface area (Å²) in [5.41, 5.74) is 0.997. The van der Waals surface area contributed by atoms with Gasteiger partial charge in [0.25, 0.3) is 0 Å². The molecule has 0 saturated carbocycles. The van der Waals surface area contributed by atoms with Crippen molar-refractivity contribution in [2.75, 3.05) is 19.8 Å². The van der Waals surface area contributed by atoms with Gasteiger partial charge in [-0.3, -0.25) is 4.79 Å². The fourth-order valence-electron chi connectivity index (χ4n) is 2.44. The molecule has 0 N–H and O–H groups in total. The predicted octanol–water partition coefficient (Wildman–Crippen LogP) is 1.52. The van der Waals surface area contributed by atoms with Gasteiger partial charge in [0.15, 0.2) is 5.82 Å². The summed E-state index contributed by atoms with van der Waals surface area (Å²) in [4.78, 5) is 18.5. The molecule has 0 aliphatic carbocycles. The molecule has 21 heavy (non-hydrogen) atoms. The minimum Gasteiger partial charge on any atom is -0.377 e. The minimum absolute atomic E-state index is 0.0527. The zero-order valence-electron chi connectivity index (χ0n) is 11.9. The van der Waals surface area contributed by atoms with E-state index in [4.69, 9.17) is 9.26 Å². The highest BCUT2D eigenvalue weighted by atomic mass is 16.5. The summed E-state index contributed by atoms with van der Waals surface area (Å²) in [6.07, 6.45) is 0.369. The van der Waals surface area contributed by atoms with Crippen molar-refractivity contribution in [2.24, 2.45) is 0 Å². The standard InChI is InChI=1S/C15H17N3O3/c1-11-16-15(17-21-11)13-10-20-8-7-18(13)14(19)9-12-5-3-2-4-6-12/h2-6,13H,7-10H2,1H3. The Balaban J connectivity index is 1.76. The molecule has 1 atom stereocenters. The van der Waals surface area contributed by atoms with E-state index in [0.717, 1.165) is 5.56 Å². The molecule has 6 heteroatoms. The lowest BCUT2D eigenvalue weighted by molar-refractivity contribution is -0.139. The molecule has 1 fully saturated rings. The van der Waals surface area contributed by atoms with Crippen LogP contribution in [-0.2, 0) is 16.0 Å². The number of carbonyl (C=O) groups excluding carboxylic acids is 1. The fourth-order valence-corrected chi connectivity index (χ4v) is 2.44. The van der Waals surface area contributed by atoms with Crippen LogP contribution in [0.2, 0.25) is 0 Å². The Morgan fingerprint density at radius 1 is 1.38 bits per heavy atom. The molecule has 1 aliphatic heterocycles. The van der Waals surface area contributed by atoms with Crippen LogP contribution >= 0.6 is 0 Å². The molecule has 1 aromatic carbocycles. The van der Waals surface area contributed by atoms with Gasteiger partial charge in [-0.25, -0.2) is 0 Å². The summed E-state index contributed by atoms with van der Waals surface area (Å²) < 4.78 is 10.5. The van der Waals surface area contributed by atoms with E-state index in [-0.39, 0.29) is 11.9 Å². The number of morpholine rings is 1. The molecule has 3 rings (SSSR count). The van der Waals surface area contributed by atoms with Crippen LogP contribution in [0.5, 0.6) is 0 Å². The first-order valence-electron chi connectivity index (χ1n) is 6.95. The van der Waals surface area contributed by atoms with Gasteiger partial charge in [-0.2, -0.15) is 4.98 Å². The van der Waals surface area contributed by atoms with Crippen molar-refractivity contribution in [2.45, 2.75) is 19.4 Å². The molecule has 1 unspecified atom stereocenters. The van der Waals surface area contributed by atoms with Crippen LogP contribution in [0, 0.1) is 6.92 Å². The Labute approximate surface area is 122 Å². The smallest absolute Gasteiger partial charge is 0.227 e. The molecule has 2 aromatic rings. The molecule has 1 amide bonds. The Kier molecular flexibility index (Phi) is 3.96. The van der Waals surface area contributed by atoms with Gasteiger partial charge in [-0.1, -0.05) is 35.5 Å². The number of rotatable bonds is 3. The summed E-state index contributed by atoms with van der Waals surface area (Å²) in [6.45, 7) is 3.22. The van der Waals surface area contributed by atoms with Gasteiger partial charge in [0, 0.05) is 13.5 Å². The molecule has 2 heterocycles. The molecular weight excluding hydrogens is 270 g/mol. The van der Waals surface area contributed by atoms with Gasteiger partial charge in [-0.15, -0.1) is 0 Å². The molecule has 110 valence electrons. The summed E-state index contributed by atoms with van der Waals surface area (Å²) in [6, 6.07) is 9.43. The van der Waals surface area contributed by atoms with Crippen molar-refractivity contribution in [3.8, 4) is 0 Å². The van der Waals surface area contributed by atoms with Crippen molar-refractivity contribution in [1.29, 1.82) is 0 Å². The maximum absolute atomic E-state index is 12.5. The average molecular weight is 287 g/mol. The van der Waals surface area contributed by atoms with E-state index in [0.29, 0.717) is 37.9 Å². The number of carbonyl (C=O) groups is 1. The zero-order chi connectivity index (χ0) is 14.7. The topological polar surface area (TPSA) is 68.5 Å². The molecule has 6 nitrogen and oxygen atoms in total. The van der Waals surface area contributed by atoms with Gasteiger partial charge in [0.1, 0.15) is 6.04 Å². The molecule has 0 spiro atoms. The lowest BCUT2D eigenvalue weighted by Gasteiger charge is -2.33. The van der Waals surface area contributed by atoms with Crippen molar-refractivity contribution >= 4 is 5.91 Å². The van der Waals surface area contributed by atoms with Crippen LogP contribution in [0.3, 0.4) is 0 Å². The molecule has 1 aliphatic rings. The number of amides is 1. The first-order chi connectivity index (χ1) is 10.2. The second kappa shape index (κ2) is 6.05. The maximum Gasteiger partial charge on any atom is 0.227 e. The van der Waals surface area contributed by atoms with Crippen LogP contribution in [0.4, 0.5) is 0 Å². The number of nitrogens with zero attached hydrogens (tertiary/aromatic N) is 3. The Bertz CT molecular complexity index is 612. The van der Waals surface area contributed by atoms with Gasteiger partial charge < -0.3 is 14.2 Å². The van der Waals surface area contributed by atoms with Crippen LogP contribution in [0.25, 0.3) is 0 Å². The zero-order valence-corrected chi connectivity index (χ0v) is 11.9. The number of benzene rings is 1. The van der Waals surface area contributed by atoms with Crippen molar-refractivity contribution in [1.82, 2.24) is 15.0 Å². The highest BCUT2D eigenvalue weighted by Gasteiger charge is 2.31. The number of aromatic nitrogens is 2. The van der Waals surface area contributed by atoms with Crippen LogP contribution in [0.15, 0.2) is 34.9 Å². The van der Waals surface area contributed by atoms with E-state index < -0.39 is 0 Å². The molecule has 0 radical (unpaired) electrons. The largest absolute Gasteiger partial charge is 0.377 e. The SMILES string of the molecule is Cc1nc(C2COCCN2C(=O)Cc2ccccc2)no1. The highest BCUT2D eigenvalue weighted by molar-refractivity contribution is 5.79. The van der Waals surface area contributed by atoms with E-state index in [1.54, 1.807) is 11.8 Å². The van der Waals surface area contributed by atoms with E-state index in [9.17, 15) is 4.79 Å². The first-order valence-corrected chi connectivity index (χ1v) is 6.95. The molecule has 1 aromatic heterocycles. The monoisotopic (exact) mass is 287 g/mol. The van der Waals surface area contributed by atoms with Crippen LogP contribution in [-0.4, -0.2) is 40.7 Å². The quantitative estimate of drug-likeness (QED) is 0.856. The number of aryl methyl sites for hydroxylation is 1. The Morgan fingerprint density at radius 3 is 2.90 bits per heavy atom. The maximum atomic E-state index is 12.5. The summed E-state index contributed by atoms with van der Waals surface area (Å²) in [5, 5.41) is 3.92. The van der Waals surface area contributed by atoms with E-state index in [1.807, 2.05) is 30.3 Å². The van der Waals surface area contributed by atoms with Crippen molar-refractivity contribution in [3.63, 3.8) is 0 Å². The van der Waals surface area contributed by atoms with Gasteiger partial charge in [-0.05, 0) is 5.56 Å².